The second kappa shape index (κ2) is 8.30. The minimum absolute atomic E-state index is 0.0455. The number of benzene rings is 2. The molecular weight excluding hydrogens is 366 g/mol. The van der Waals surface area contributed by atoms with Gasteiger partial charge >= 0.3 is 5.97 Å². The van der Waals surface area contributed by atoms with E-state index in [1.54, 1.807) is 24.3 Å². The molecule has 28 heavy (non-hydrogen) atoms. The zero-order chi connectivity index (χ0) is 20.1. The summed E-state index contributed by atoms with van der Waals surface area (Å²) < 4.78 is 5.02. The summed E-state index contributed by atoms with van der Waals surface area (Å²) in [6.07, 6.45) is -0.0455. The average Bonchev–Trinajstić information content (AvgIpc) is 3.09. The first-order valence-corrected chi connectivity index (χ1v) is 8.50. The molecule has 0 aromatic heterocycles. The van der Waals surface area contributed by atoms with E-state index in [0.29, 0.717) is 11.4 Å². The highest BCUT2D eigenvalue weighted by molar-refractivity contribution is 6.00. The van der Waals surface area contributed by atoms with Crippen LogP contribution in [0.25, 0.3) is 0 Å². The Kier molecular flexibility index (Phi) is 5.64. The predicted octanol–water partition coefficient (Wildman–Crippen LogP) is 2.13. The fourth-order valence-electron chi connectivity index (χ4n) is 2.84. The van der Waals surface area contributed by atoms with Gasteiger partial charge in [-0.25, -0.2) is 0 Å². The lowest BCUT2D eigenvalue weighted by Crippen LogP contribution is -2.28. The number of nitro benzene ring substituents is 1. The highest BCUT2D eigenvalue weighted by atomic mass is 16.6. The summed E-state index contributed by atoms with van der Waals surface area (Å²) in [5, 5.41) is 13.3. The van der Waals surface area contributed by atoms with Crippen LogP contribution in [-0.2, 0) is 19.1 Å². The molecule has 9 heteroatoms. The summed E-state index contributed by atoms with van der Waals surface area (Å²) in [6, 6.07) is 14.2. The summed E-state index contributed by atoms with van der Waals surface area (Å²) in [5.41, 5.74) is 0.965. The standard InChI is InChI=1S/C19H17N3O6/c23-17(20-14-4-2-1-3-5-14)12-28-19(25)13-10-18(24)21(11-13)15-6-8-16(9-7-15)22(26)27/h1-9,13H,10-12H2,(H,20,23)/t13-/m1/s1. The van der Waals surface area contributed by atoms with Crippen LogP contribution < -0.4 is 10.2 Å². The number of nitrogens with zero attached hydrogens (tertiary/aromatic N) is 2. The van der Waals surface area contributed by atoms with Gasteiger partial charge in [-0.15, -0.1) is 0 Å². The molecule has 0 radical (unpaired) electrons. The Morgan fingerprint density at radius 3 is 2.46 bits per heavy atom. The molecule has 2 amide bonds. The number of anilines is 2. The van der Waals surface area contributed by atoms with E-state index in [2.05, 4.69) is 5.32 Å². The zero-order valence-corrected chi connectivity index (χ0v) is 14.7. The molecule has 2 aromatic carbocycles. The maximum absolute atomic E-state index is 12.2. The molecule has 3 rings (SSSR count). The highest BCUT2D eigenvalue weighted by Crippen LogP contribution is 2.27. The first kappa shape index (κ1) is 19.0. The third kappa shape index (κ3) is 4.50. The van der Waals surface area contributed by atoms with Gasteiger partial charge in [0.25, 0.3) is 11.6 Å². The van der Waals surface area contributed by atoms with Gasteiger partial charge in [0.15, 0.2) is 6.61 Å². The molecule has 1 aliphatic heterocycles. The molecular formula is C19H17N3O6. The Morgan fingerprint density at radius 1 is 1.14 bits per heavy atom. The van der Waals surface area contributed by atoms with E-state index in [1.165, 1.54) is 29.2 Å². The summed E-state index contributed by atoms with van der Waals surface area (Å²) in [7, 11) is 0. The molecule has 2 aromatic rings. The Hall–Kier alpha value is -3.75. The maximum Gasteiger partial charge on any atom is 0.311 e. The molecule has 1 fully saturated rings. The molecule has 0 saturated carbocycles. The van der Waals surface area contributed by atoms with Crippen LogP contribution in [0, 0.1) is 16.0 Å². The normalized spacial score (nSPS) is 15.9. The van der Waals surface area contributed by atoms with Gasteiger partial charge in [-0.05, 0) is 24.3 Å². The molecule has 144 valence electrons. The molecule has 1 heterocycles. The molecule has 0 bridgehead atoms. The number of nitrogens with one attached hydrogen (secondary N) is 1. The Morgan fingerprint density at radius 2 is 1.82 bits per heavy atom. The number of amides is 2. The number of non-ortho nitro benzene ring substituents is 1. The van der Waals surface area contributed by atoms with E-state index in [0.717, 1.165) is 0 Å². The van der Waals surface area contributed by atoms with Crippen molar-refractivity contribution < 1.29 is 24.0 Å². The molecule has 0 spiro atoms. The largest absolute Gasteiger partial charge is 0.455 e. The molecule has 1 atom stereocenters. The van der Waals surface area contributed by atoms with Crippen molar-refractivity contribution in [2.75, 3.05) is 23.4 Å². The number of hydrogen-bond donors (Lipinski definition) is 1. The lowest BCUT2D eigenvalue weighted by Gasteiger charge is -2.16. The molecule has 1 N–H and O–H groups in total. The third-order valence-corrected chi connectivity index (χ3v) is 4.23. The fraction of sp³-hybridized carbons (Fsp3) is 0.211. The summed E-state index contributed by atoms with van der Waals surface area (Å²) in [4.78, 5) is 47.8. The van der Waals surface area contributed by atoms with E-state index < -0.39 is 29.3 Å². The van der Waals surface area contributed by atoms with Crippen molar-refractivity contribution >= 4 is 34.8 Å². The van der Waals surface area contributed by atoms with Crippen molar-refractivity contribution in [2.24, 2.45) is 5.92 Å². The predicted molar refractivity (Wildman–Crippen MR) is 99.6 cm³/mol. The van der Waals surface area contributed by atoms with Crippen molar-refractivity contribution in [3.05, 3.63) is 64.7 Å². The van der Waals surface area contributed by atoms with E-state index in [4.69, 9.17) is 4.74 Å². The smallest absolute Gasteiger partial charge is 0.311 e. The Labute approximate surface area is 160 Å². The number of ether oxygens (including phenoxy) is 1. The van der Waals surface area contributed by atoms with Gasteiger partial charge in [0.05, 0.1) is 10.8 Å². The number of para-hydroxylation sites is 1. The van der Waals surface area contributed by atoms with Crippen LogP contribution in [0.1, 0.15) is 6.42 Å². The second-order valence-corrected chi connectivity index (χ2v) is 6.20. The second-order valence-electron chi connectivity index (χ2n) is 6.20. The SMILES string of the molecule is O=C(COC(=O)[C@@H]1CC(=O)N(c2ccc([N+](=O)[O-])cc2)C1)Nc1ccccc1. The summed E-state index contributed by atoms with van der Waals surface area (Å²) >= 11 is 0. The van der Waals surface area contributed by atoms with E-state index >= 15 is 0 Å². The summed E-state index contributed by atoms with van der Waals surface area (Å²) in [6.45, 7) is -0.355. The van der Waals surface area contributed by atoms with E-state index in [1.807, 2.05) is 6.07 Å². The number of carbonyl (C=O) groups is 3. The van der Waals surface area contributed by atoms with Crippen LogP contribution in [-0.4, -0.2) is 35.9 Å². The summed E-state index contributed by atoms with van der Waals surface area (Å²) in [5.74, 6) is -2.10. The van der Waals surface area contributed by atoms with E-state index in [9.17, 15) is 24.5 Å². The fourth-order valence-corrected chi connectivity index (χ4v) is 2.84. The van der Waals surface area contributed by atoms with Crippen LogP contribution in [0.5, 0.6) is 0 Å². The van der Waals surface area contributed by atoms with Crippen molar-refractivity contribution in [1.29, 1.82) is 0 Å². The molecule has 0 unspecified atom stereocenters. The van der Waals surface area contributed by atoms with Gasteiger partial charge in [-0.2, -0.15) is 0 Å². The van der Waals surface area contributed by atoms with Crippen LogP contribution in [0.3, 0.4) is 0 Å². The minimum Gasteiger partial charge on any atom is -0.455 e. The van der Waals surface area contributed by atoms with Crippen molar-refractivity contribution in [1.82, 2.24) is 0 Å². The van der Waals surface area contributed by atoms with Gasteiger partial charge in [-0.3, -0.25) is 24.5 Å². The van der Waals surface area contributed by atoms with Crippen LogP contribution >= 0.6 is 0 Å². The Balaban J connectivity index is 1.53. The molecule has 1 saturated heterocycles. The van der Waals surface area contributed by atoms with Crippen molar-refractivity contribution in [2.45, 2.75) is 6.42 Å². The minimum atomic E-state index is -0.702. The van der Waals surface area contributed by atoms with Gasteiger partial charge in [-0.1, -0.05) is 18.2 Å². The third-order valence-electron chi connectivity index (χ3n) is 4.23. The quantitative estimate of drug-likeness (QED) is 0.464. The molecule has 1 aliphatic rings. The van der Waals surface area contributed by atoms with Crippen LogP contribution in [0.15, 0.2) is 54.6 Å². The average molecular weight is 383 g/mol. The topological polar surface area (TPSA) is 119 Å². The number of hydrogen-bond acceptors (Lipinski definition) is 6. The first-order chi connectivity index (χ1) is 13.4. The van der Waals surface area contributed by atoms with E-state index in [-0.39, 0.29) is 24.6 Å². The van der Waals surface area contributed by atoms with Gasteiger partial charge in [0, 0.05) is 36.5 Å². The molecule has 0 aliphatic carbocycles. The van der Waals surface area contributed by atoms with Crippen molar-refractivity contribution in [3.63, 3.8) is 0 Å². The maximum atomic E-state index is 12.2. The highest BCUT2D eigenvalue weighted by Gasteiger charge is 2.36. The lowest BCUT2D eigenvalue weighted by molar-refractivity contribution is -0.384. The van der Waals surface area contributed by atoms with Crippen molar-refractivity contribution in [3.8, 4) is 0 Å². The molecule has 9 nitrogen and oxygen atoms in total. The zero-order valence-electron chi connectivity index (χ0n) is 14.7. The van der Waals surface area contributed by atoms with Crippen LogP contribution in [0.4, 0.5) is 17.1 Å². The van der Waals surface area contributed by atoms with Gasteiger partial charge in [0.2, 0.25) is 5.91 Å². The Bertz CT molecular complexity index is 898. The number of carbonyl (C=O) groups excluding carboxylic acids is 3. The first-order valence-electron chi connectivity index (χ1n) is 8.50. The monoisotopic (exact) mass is 383 g/mol. The number of rotatable bonds is 6. The van der Waals surface area contributed by atoms with Gasteiger partial charge in [0.1, 0.15) is 0 Å². The lowest BCUT2D eigenvalue weighted by atomic mass is 10.1. The van der Waals surface area contributed by atoms with Gasteiger partial charge < -0.3 is 15.0 Å². The number of nitro groups is 1. The number of esters is 1. The van der Waals surface area contributed by atoms with Crippen LogP contribution in [0.2, 0.25) is 0 Å².